The Morgan fingerprint density at radius 3 is 2.92 bits per heavy atom. The van der Waals surface area contributed by atoms with Crippen molar-refractivity contribution in [2.45, 2.75) is 0 Å². The molecule has 0 saturated carbocycles. The first-order valence-electron chi connectivity index (χ1n) is 3.27. The third-order valence-corrected chi connectivity index (χ3v) is 2.56. The number of thiazole rings is 1. The molecule has 68 valence electrons. The van der Waals surface area contributed by atoms with Gasteiger partial charge in [-0.25, -0.2) is 4.98 Å². The minimum atomic E-state index is 0.218. The van der Waals surface area contributed by atoms with Gasteiger partial charge in [-0.3, -0.25) is 0 Å². The predicted octanol–water partition coefficient (Wildman–Crippen LogP) is 2.83. The van der Waals surface area contributed by atoms with Crippen molar-refractivity contribution in [2.75, 3.05) is 11.9 Å². The van der Waals surface area contributed by atoms with Crippen molar-refractivity contribution in [3.8, 4) is 6.07 Å². The van der Waals surface area contributed by atoms with E-state index in [1.807, 2.05) is 6.07 Å². The number of aromatic nitrogens is 1. The standard InChI is InChI=1S/C7H5Cl2N3S/c1-4(8)3-11-7-12-6(9)5(2-10)13-7/h1,3H2,(H,11,12). The van der Waals surface area contributed by atoms with E-state index in [1.165, 1.54) is 11.3 Å². The summed E-state index contributed by atoms with van der Waals surface area (Å²) >= 11 is 12.4. The van der Waals surface area contributed by atoms with Gasteiger partial charge in [0.25, 0.3) is 0 Å². The fourth-order valence-electron chi connectivity index (χ4n) is 0.618. The molecule has 0 aliphatic rings. The van der Waals surface area contributed by atoms with Crippen LogP contribution in [0.3, 0.4) is 0 Å². The molecule has 0 spiro atoms. The van der Waals surface area contributed by atoms with Crippen molar-refractivity contribution in [2.24, 2.45) is 0 Å². The molecule has 1 rings (SSSR count). The monoisotopic (exact) mass is 233 g/mol. The van der Waals surface area contributed by atoms with Gasteiger partial charge in [-0.15, -0.1) is 0 Å². The molecular formula is C7H5Cl2N3S. The maximum Gasteiger partial charge on any atom is 0.185 e. The number of anilines is 1. The Labute approximate surface area is 89.6 Å². The number of nitrogens with zero attached hydrogens (tertiary/aromatic N) is 2. The zero-order chi connectivity index (χ0) is 9.84. The summed E-state index contributed by atoms with van der Waals surface area (Å²) in [6, 6.07) is 1.93. The molecule has 0 unspecified atom stereocenters. The average molecular weight is 234 g/mol. The predicted molar refractivity (Wildman–Crippen MR) is 55.3 cm³/mol. The third kappa shape index (κ3) is 2.88. The lowest BCUT2D eigenvalue weighted by atomic mass is 10.6. The molecule has 0 aromatic carbocycles. The van der Waals surface area contributed by atoms with Crippen LogP contribution < -0.4 is 5.32 Å². The molecule has 0 fully saturated rings. The zero-order valence-electron chi connectivity index (χ0n) is 6.47. The molecule has 13 heavy (non-hydrogen) atoms. The summed E-state index contributed by atoms with van der Waals surface area (Å²) < 4.78 is 0. The van der Waals surface area contributed by atoms with Crippen LogP contribution in [-0.4, -0.2) is 11.5 Å². The van der Waals surface area contributed by atoms with Crippen molar-refractivity contribution >= 4 is 39.7 Å². The topological polar surface area (TPSA) is 48.7 Å². The van der Waals surface area contributed by atoms with Gasteiger partial charge in [-0.1, -0.05) is 41.1 Å². The second kappa shape index (κ2) is 4.47. The summed E-state index contributed by atoms with van der Waals surface area (Å²) in [6.45, 7) is 3.91. The molecule has 1 heterocycles. The highest BCUT2D eigenvalue weighted by Gasteiger charge is 2.07. The Hall–Kier alpha value is -0.760. The van der Waals surface area contributed by atoms with Gasteiger partial charge in [-0.2, -0.15) is 5.26 Å². The number of halogens is 2. The van der Waals surface area contributed by atoms with E-state index in [0.717, 1.165) is 0 Å². The van der Waals surface area contributed by atoms with Gasteiger partial charge in [0.15, 0.2) is 10.3 Å². The van der Waals surface area contributed by atoms with Crippen LogP contribution in [0.5, 0.6) is 0 Å². The van der Waals surface area contributed by atoms with Crippen molar-refractivity contribution in [3.63, 3.8) is 0 Å². The molecule has 3 nitrogen and oxygen atoms in total. The molecule has 0 radical (unpaired) electrons. The van der Waals surface area contributed by atoms with Crippen molar-refractivity contribution < 1.29 is 0 Å². The molecule has 0 bridgehead atoms. The normalized spacial score (nSPS) is 9.31. The lowest BCUT2D eigenvalue weighted by Gasteiger charge is -1.97. The Morgan fingerprint density at radius 2 is 2.46 bits per heavy atom. The summed E-state index contributed by atoms with van der Waals surface area (Å²) in [4.78, 5) is 4.30. The summed E-state index contributed by atoms with van der Waals surface area (Å²) in [5.41, 5.74) is 0. The van der Waals surface area contributed by atoms with Crippen molar-refractivity contribution in [1.82, 2.24) is 4.98 Å². The molecular weight excluding hydrogens is 229 g/mol. The first kappa shape index (κ1) is 10.3. The minimum Gasteiger partial charge on any atom is -0.356 e. The number of nitriles is 1. The summed E-state index contributed by atoms with van der Waals surface area (Å²) in [5, 5.41) is 12.7. The van der Waals surface area contributed by atoms with E-state index in [9.17, 15) is 0 Å². The van der Waals surface area contributed by atoms with E-state index in [-0.39, 0.29) is 5.15 Å². The van der Waals surface area contributed by atoms with E-state index < -0.39 is 0 Å². The minimum absolute atomic E-state index is 0.218. The number of rotatable bonds is 3. The Bertz CT molecular complexity index is 366. The van der Waals surface area contributed by atoms with Crippen LogP contribution >= 0.6 is 34.5 Å². The van der Waals surface area contributed by atoms with Crippen LogP contribution in [0.25, 0.3) is 0 Å². The SMILES string of the molecule is C=C(Cl)CNc1nc(Cl)c(C#N)s1. The third-order valence-electron chi connectivity index (χ3n) is 1.12. The highest BCUT2D eigenvalue weighted by atomic mass is 35.5. The van der Waals surface area contributed by atoms with Crippen LogP contribution in [0, 0.1) is 11.3 Å². The van der Waals surface area contributed by atoms with E-state index in [4.69, 9.17) is 28.5 Å². The van der Waals surface area contributed by atoms with Gasteiger partial charge >= 0.3 is 0 Å². The van der Waals surface area contributed by atoms with Crippen LogP contribution in [0.4, 0.5) is 5.13 Å². The molecule has 0 aliphatic heterocycles. The van der Waals surface area contributed by atoms with Crippen molar-refractivity contribution in [1.29, 1.82) is 5.26 Å². The molecule has 0 amide bonds. The van der Waals surface area contributed by atoms with E-state index in [1.54, 1.807) is 0 Å². The quantitative estimate of drug-likeness (QED) is 0.874. The second-order valence-corrected chi connectivity index (χ2v) is 4.01. The number of hydrogen-bond acceptors (Lipinski definition) is 4. The lowest BCUT2D eigenvalue weighted by molar-refractivity contribution is 1.27. The Morgan fingerprint density at radius 1 is 1.77 bits per heavy atom. The summed E-state index contributed by atoms with van der Waals surface area (Å²) in [6.07, 6.45) is 0. The molecule has 1 aromatic rings. The van der Waals surface area contributed by atoms with Crippen LogP contribution in [-0.2, 0) is 0 Å². The lowest BCUT2D eigenvalue weighted by Crippen LogP contribution is -1.99. The second-order valence-electron chi connectivity index (χ2n) is 2.12. The fraction of sp³-hybridized carbons (Fsp3) is 0.143. The molecule has 0 atom stereocenters. The summed E-state index contributed by atoms with van der Waals surface area (Å²) in [7, 11) is 0. The van der Waals surface area contributed by atoms with Crippen LogP contribution in [0.15, 0.2) is 11.6 Å². The zero-order valence-corrected chi connectivity index (χ0v) is 8.80. The van der Waals surface area contributed by atoms with Crippen molar-refractivity contribution in [3.05, 3.63) is 21.6 Å². The maximum atomic E-state index is 8.57. The molecule has 0 aliphatic carbocycles. The number of nitrogens with one attached hydrogen (secondary N) is 1. The van der Waals surface area contributed by atoms with E-state index >= 15 is 0 Å². The van der Waals surface area contributed by atoms with Gasteiger partial charge in [0.1, 0.15) is 10.9 Å². The smallest absolute Gasteiger partial charge is 0.185 e. The highest BCUT2D eigenvalue weighted by molar-refractivity contribution is 7.16. The van der Waals surface area contributed by atoms with E-state index in [2.05, 4.69) is 16.9 Å². The first-order chi connectivity index (χ1) is 6.13. The number of hydrogen-bond donors (Lipinski definition) is 1. The average Bonchev–Trinajstić information content (AvgIpc) is 2.43. The molecule has 6 heteroatoms. The van der Waals surface area contributed by atoms with Gasteiger partial charge in [-0.05, 0) is 0 Å². The molecule has 1 N–H and O–H groups in total. The summed E-state index contributed by atoms with van der Waals surface area (Å²) in [5.74, 6) is 0. The van der Waals surface area contributed by atoms with Gasteiger partial charge in [0.2, 0.25) is 0 Å². The first-order valence-corrected chi connectivity index (χ1v) is 4.84. The van der Waals surface area contributed by atoms with Crippen LogP contribution in [0.1, 0.15) is 4.88 Å². The van der Waals surface area contributed by atoms with E-state index in [0.29, 0.717) is 21.6 Å². The molecule has 1 aromatic heterocycles. The van der Waals surface area contributed by atoms with Gasteiger partial charge < -0.3 is 5.32 Å². The van der Waals surface area contributed by atoms with Crippen LogP contribution in [0.2, 0.25) is 5.15 Å². The van der Waals surface area contributed by atoms with Gasteiger partial charge in [0.05, 0.1) is 6.54 Å². The largest absolute Gasteiger partial charge is 0.356 e. The fourth-order valence-corrected chi connectivity index (χ4v) is 1.63. The Balaban J connectivity index is 2.69. The highest BCUT2D eigenvalue weighted by Crippen LogP contribution is 2.25. The molecule has 0 saturated heterocycles. The maximum absolute atomic E-state index is 8.57. The van der Waals surface area contributed by atoms with Gasteiger partial charge in [0, 0.05) is 5.03 Å². The Kier molecular flexibility index (Phi) is 3.55.